The van der Waals surface area contributed by atoms with Gasteiger partial charge in [-0.25, -0.2) is 14.3 Å². The minimum atomic E-state index is -0.114. The van der Waals surface area contributed by atoms with Crippen molar-refractivity contribution < 1.29 is 4.79 Å². The zero-order valence-electron chi connectivity index (χ0n) is 12.9. The van der Waals surface area contributed by atoms with Crippen molar-refractivity contribution in [3.05, 3.63) is 23.9 Å². The van der Waals surface area contributed by atoms with Gasteiger partial charge in [-0.1, -0.05) is 0 Å². The largest absolute Gasteiger partial charge is 0.384 e. The van der Waals surface area contributed by atoms with Crippen LogP contribution in [0.1, 0.15) is 37.3 Å². The van der Waals surface area contributed by atoms with Crippen molar-refractivity contribution in [1.82, 2.24) is 29.9 Å². The number of aryl methyl sites for hydroxylation is 2. The van der Waals surface area contributed by atoms with E-state index in [9.17, 15) is 4.79 Å². The summed E-state index contributed by atoms with van der Waals surface area (Å²) in [6.45, 7) is 4.71. The van der Waals surface area contributed by atoms with Gasteiger partial charge in [0.25, 0.3) is 0 Å². The van der Waals surface area contributed by atoms with Gasteiger partial charge in [0.05, 0.1) is 11.7 Å². The lowest BCUT2D eigenvalue weighted by Crippen LogP contribution is -2.34. The summed E-state index contributed by atoms with van der Waals surface area (Å²) >= 11 is 0. The van der Waals surface area contributed by atoms with Gasteiger partial charge in [-0.05, 0) is 32.6 Å². The van der Waals surface area contributed by atoms with E-state index in [1.807, 2.05) is 18.5 Å². The van der Waals surface area contributed by atoms with E-state index >= 15 is 0 Å². The molecule has 1 aliphatic rings. The van der Waals surface area contributed by atoms with Crippen molar-refractivity contribution in [2.24, 2.45) is 5.92 Å². The third kappa shape index (κ3) is 2.95. The van der Waals surface area contributed by atoms with Gasteiger partial charge in [0.15, 0.2) is 0 Å². The maximum absolute atomic E-state index is 12.3. The minimum Gasteiger partial charge on any atom is -0.384 e. The average Bonchev–Trinajstić information content (AvgIpc) is 3.12. The number of nitrogens with two attached hydrogens (primary N) is 1. The molecule has 0 radical (unpaired) electrons. The van der Waals surface area contributed by atoms with Crippen molar-refractivity contribution in [3.8, 4) is 0 Å². The summed E-state index contributed by atoms with van der Waals surface area (Å²) in [6, 6.07) is 1.66. The number of hydrogen-bond acceptors (Lipinski definition) is 5. The van der Waals surface area contributed by atoms with Crippen LogP contribution in [0.2, 0.25) is 0 Å². The van der Waals surface area contributed by atoms with Crippen molar-refractivity contribution in [2.75, 3.05) is 5.73 Å². The highest BCUT2D eigenvalue weighted by atomic mass is 16.2. The normalized spacial score (nSPS) is 15.7. The molecule has 2 heterocycles. The minimum absolute atomic E-state index is 0.0900. The number of rotatable bonds is 6. The average molecular weight is 303 g/mol. The number of nitrogen functional groups attached to an aromatic ring is 1. The highest BCUT2D eigenvalue weighted by Crippen LogP contribution is 2.40. The van der Waals surface area contributed by atoms with E-state index in [1.54, 1.807) is 6.07 Å². The highest BCUT2D eigenvalue weighted by molar-refractivity contribution is 5.76. The Morgan fingerprint density at radius 2 is 2.27 bits per heavy atom. The zero-order chi connectivity index (χ0) is 15.7. The van der Waals surface area contributed by atoms with E-state index in [4.69, 9.17) is 5.73 Å². The Kier molecular flexibility index (Phi) is 3.82. The molecule has 118 valence electrons. The van der Waals surface area contributed by atoms with Crippen LogP contribution in [0.5, 0.6) is 0 Å². The number of amides is 1. The monoisotopic (exact) mass is 303 g/mol. The summed E-state index contributed by atoms with van der Waals surface area (Å²) in [5, 5.41) is 11.5. The first-order valence-corrected chi connectivity index (χ1v) is 7.55. The Morgan fingerprint density at radius 1 is 1.50 bits per heavy atom. The smallest absolute Gasteiger partial charge is 0.242 e. The maximum Gasteiger partial charge on any atom is 0.242 e. The second kappa shape index (κ2) is 5.78. The van der Waals surface area contributed by atoms with E-state index in [0.717, 1.165) is 30.9 Å². The van der Waals surface area contributed by atoms with Crippen LogP contribution in [0, 0.1) is 12.8 Å². The molecule has 3 N–H and O–H groups in total. The van der Waals surface area contributed by atoms with E-state index in [0.29, 0.717) is 11.7 Å². The number of carbonyl (C=O) groups is 1. The number of carbonyl (C=O) groups excluding carboxylic acids is 1. The molecule has 0 spiro atoms. The molecule has 1 aliphatic carbocycles. The molecule has 0 aliphatic heterocycles. The predicted octanol–water partition coefficient (Wildman–Crippen LogP) is 0.653. The molecule has 1 unspecified atom stereocenters. The van der Waals surface area contributed by atoms with Gasteiger partial charge in [-0.15, -0.1) is 0 Å². The summed E-state index contributed by atoms with van der Waals surface area (Å²) in [5.74, 6) is 1.64. The van der Waals surface area contributed by atoms with Crippen LogP contribution < -0.4 is 11.1 Å². The van der Waals surface area contributed by atoms with Gasteiger partial charge in [0.2, 0.25) is 5.91 Å². The van der Waals surface area contributed by atoms with Crippen molar-refractivity contribution >= 4 is 11.7 Å². The van der Waals surface area contributed by atoms with Gasteiger partial charge < -0.3 is 11.1 Å². The third-order valence-electron chi connectivity index (χ3n) is 3.86. The first-order chi connectivity index (χ1) is 10.6. The molecule has 8 heteroatoms. The van der Waals surface area contributed by atoms with E-state index in [1.165, 1.54) is 11.0 Å². The van der Waals surface area contributed by atoms with Gasteiger partial charge in [0, 0.05) is 12.6 Å². The van der Waals surface area contributed by atoms with Gasteiger partial charge in [-0.2, -0.15) is 10.2 Å². The molecule has 0 aromatic carbocycles. The summed E-state index contributed by atoms with van der Waals surface area (Å²) in [5.41, 5.74) is 6.63. The first-order valence-electron chi connectivity index (χ1n) is 7.55. The molecule has 8 nitrogen and oxygen atoms in total. The van der Waals surface area contributed by atoms with Crippen LogP contribution in [-0.4, -0.2) is 30.5 Å². The molecule has 1 fully saturated rings. The molecule has 0 bridgehead atoms. The standard InChI is InChI=1S/C14H21N7O/c1-3-20-14(16-8-17-20)13(10-4-5-10)18-12(22)7-21-11(15)6-9(2)19-21/h6,8,10,13H,3-5,7,15H2,1-2H3,(H,18,22). The van der Waals surface area contributed by atoms with Gasteiger partial charge in [0.1, 0.15) is 24.5 Å². The fraction of sp³-hybridized carbons (Fsp3) is 0.571. The molecule has 1 saturated carbocycles. The zero-order valence-corrected chi connectivity index (χ0v) is 12.9. The Morgan fingerprint density at radius 3 is 2.86 bits per heavy atom. The molecule has 2 aromatic heterocycles. The molecular weight excluding hydrogens is 282 g/mol. The Bertz CT molecular complexity index is 671. The van der Waals surface area contributed by atoms with Gasteiger partial charge >= 0.3 is 0 Å². The van der Waals surface area contributed by atoms with Crippen molar-refractivity contribution in [1.29, 1.82) is 0 Å². The van der Waals surface area contributed by atoms with Crippen LogP contribution in [0.25, 0.3) is 0 Å². The number of aromatic nitrogens is 5. The van der Waals surface area contributed by atoms with Crippen molar-refractivity contribution in [2.45, 2.75) is 45.8 Å². The molecule has 2 aromatic rings. The molecule has 3 rings (SSSR count). The second-order valence-electron chi connectivity index (χ2n) is 5.68. The topological polar surface area (TPSA) is 104 Å². The van der Waals surface area contributed by atoms with E-state index < -0.39 is 0 Å². The Balaban J connectivity index is 1.71. The van der Waals surface area contributed by atoms with Crippen LogP contribution >= 0.6 is 0 Å². The highest BCUT2D eigenvalue weighted by Gasteiger charge is 2.36. The molecular formula is C14H21N7O. The third-order valence-corrected chi connectivity index (χ3v) is 3.86. The number of anilines is 1. The SMILES string of the molecule is CCn1ncnc1C(NC(=O)Cn1nc(C)cc1N)C1CC1. The quantitative estimate of drug-likeness (QED) is 0.815. The fourth-order valence-electron chi connectivity index (χ4n) is 2.63. The van der Waals surface area contributed by atoms with Crippen LogP contribution in [0.3, 0.4) is 0 Å². The molecule has 0 saturated heterocycles. The summed E-state index contributed by atoms with van der Waals surface area (Å²) in [6.07, 6.45) is 3.74. The van der Waals surface area contributed by atoms with E-state index in [-0.39, 0.29) is 18.5 Å². The summed E-state index contributed by atoms with van der Waals surface area (Å²) < 4.78 is 3.34. The van der Waals surface area contributed by atoms with Crippen molar-refractivity contribution in [3.63, 3.8) is 0 Å². The number of nitrogens with one attached hydrogen (secondary N) is 1. The van der Waals surface area contributed by atoms with E-state index in [2.05, 4.69) is 20.5 Å². The van der Waals surface area contributed by atoms with Crippen LogP contribution in [0.4, 0.5) is 5.82 Å². The number of nitrogens with zero attached hydrogens (tertiary/aromatic N) is 5. The van der Waals surface area contributed by atoms with Crippen LogP contribution in [0.15, 0.2) is 12.4 Å². The predicted molar refractivity (Wildman–Crippen MR) is 80.7 cm³/mol. The number of hydrogen-bond donors (Lipinski definition) is 2. The Hall–Kier alpha value is -2.38. The van der Waals surface area contributed by atoms with Gasteiger partial charge in [-0.3, -0.25) is 4.79 Å². The molecule has 1 atom stereocenters. The molecule has 1 amide bonds. The lowest BCUT2D eigenvalue weighted by molar-refractivity contribution is -0.122. The second-order valence-corrected chi connectivity index (χ2v) is 5.68. The fourth-order valence-corrected chi connectivity index (χ4v) is 2.63. The summed E-state index contributed by atoms with van der Waals surface area (Å²) in [7, 11) is 0. The maximum atomic E-state index is 12.3. The summed E-state index contributed by atoms with van der Waals surface area (Å²) in [4.78, 5) is 16.6. The molecule has 22 heavy (non-hydrogen) atoms. The lowest BCUT2D eigenvalue weighted by atomic mass is 10.1. The van der Waals surface area contributed by atoms with Crippen LogP contribution in [-0.2, 0) is 17.9 Å². The Labute approximate surface area is 128 Å². The lowest BCUT2D eigenvalue weighted by Gasteiger charge is -2.18. The first kappa shape index (κ1) is 14.6.